The minimum atomic E-state index is 0.833. The van der Waals surface area contributed by atoms with Gasteiger partial charge in [-0.15, -0.1) is 0 Å². The van der Waals surface area contributed by atoms with Gasteiger partial charge in [0.2, 0.25) is 0 Å². The predicted molar refractivity (Wildman–Crippen MR) is 42.8 cm³/mol. The second-order valence-corrected chi connectivity index (χ2v) is 3.45. The van der Waals surface area contributed by atoms with E-state index in [2.05, 4.69) is 18.2 Å². The first kappa shape index (κ1) is 5.64. The third-order valence-electron chi connectivity index (χ3n) is 2.69. The number of ether oxygens (including phenoxy) is 1. The molecule has 1 heterocycles. The Balaban J connectivity index is 2.14. The smallest absolute Gasteiger partial charge is 0.122 e. The van der Waals surface area contributed by atoms with Crippen LogP contribution in [0.3, 0.4) is 0 Å². The fraction of sp³-hybridized carbons (Fsp3) is 0.400. The van der Waals surface area contributed by atoms with Crippen molar-refractivity contribution in [3.8, 4) is 5.75 Å². The molecule has 0 saturated heterocycles. The van der Waals surface area contributed by atoms with Crippen LogP contribution in [0.25, 0.3) is 0 Å². The van der Waals surface area contributed by atoms with E-state index in [1.807, 2.05) is 6.07 Å². The van der Waals surface area contributed by atoms with Gasteiger partial charge in [-0.05, 0) is 24.0 Å². The van der Waals surface area contributed by atoms with Gasteiger partial charge in [0.15, 0.2) is 0 Å². The van der Waals surface area contributed by atoms with E-state index in [0.29, 0.717) is 0 Å². The molecule has 3 rings (SSSR count). The molecule has 1 aliphatic heterocycles. The van der Waals surface area contributed by atoms with Crippen LogP contribution < -0.4 is 4.74 Å². The molecule has 0 bridgehead atoms. The number of rotatable bonds is 0. The lowest BCUT2D eigenvalue weighted by molar-refractivity contribution is 0.279. The molecular weight excluding hydrogens is 136 g/mol. The Morgan fingerprint density at radius 1 is 1.27 bits per heavy atom. The van der Waals surface area contributed by atoms with Crippen molar-refractivity contribution in [1.82, 2.24) is 0 Å². The van der Waals surface area contributed by atoms with E-state index in [9.17, 15) is 0 Å². The Labute approximate surface area is 66.0 Å². The molecule has 0 N–H and O–H groups in total. The molecule has 1 saturated carbocycles. The molecule has 11 heavy (non-hydrogen) atoms. The van der Waals surface area contributed by atoms with Gasteiger partial charge in [-0.2, -0.15) is 0 Å². The van der Waals surface area contributed by atoms with E-state index in [1.54, 1.807) is 0 Å². The molecule has 1 fully saturated rings. The molecule has 1 aliphatic carbocycles. The van der Waals surface area contributed by atoms with Gasteiger partial charge in [0.1, 0.15) is 5.75 Å². The van der Waals surface area contributed by atoms with Gasteiger partial charge in [-0.1, -0.05) is 18.2 Å². The van der Waals surface area contributed by atoms with Crippen LogP contribution in [0.15, 0.2) is 24.3 Å². The minimum Gasteiger partial charge on any atom is -0.493 e. The predicted octanol–water partition coefficient (Wildman–Crippen LogP) is 2.18. The van der Waals surface area contributed by atoms with Gasteiger partial charge >= 0.3 is 0 Å². The monoisotopic (exact) mass is 146 g/mol. The Kier molecular flexibility index (Phi) is 0.916. The van der Waals surface area contributed by atoms with Gasteiger partial charge in [-0.25, -0.2) is 0 Å². The Hall–Kier alpha value is -0.980. The van der Waals surface area contributed by atoms with Crippen molar-refractivity contribution in [2.24, 2.45) is 5.92 Å². The SMILES string of the molecule is c1ccc2c(c1)OCC1C[C@H]21. The van der Waals surface area contributed by atoms with Crippen LogP contribution in [-0.2, 0) is 0 Å². The fourth-order valence-corrected chi connectivity index (χ4v) is 1.93. The summed E-state index contributed by atoms with van der Waals surface area (Å²) in [6.07, 6.45) is 1.34. The first-order chi connectivity index (χ1) is 5.45. The standard InChI is InChI=1S/C10H10O/c1-2-4-10-8(3-1)9-5-7(9)6-11-10/h1-4,7,9H,5-6H2/t7?,9-/m0/s1. The molecule has 0 amide bonds. The van der Waals surface area contributed by atoms with Crippen LogP contribution in [0.1, 0.15) is 17.9 Å². The maximum Gasteiger partial charge on any atom is 0.122 e. The van der Waals surface area contributed by atoms with Crippen LogP contribution in [0.4, 0.5) is 0 Å². The minimum absolute atomic E-state index is 0.833. The van der Waals surface area contributed by atoms with Crippen molar-refractivity contribution in [3.05, 3.63) is 29.8 Å². The first-order valence-electron chi connectivity index (χ1n) is 4.17. The molecular formula is C10H10O. The molecule has 1 unspecified atom stereocenters. The molecule has 1 nitrogen and oxygen atoms in total. The summed E-state index contributed by atoms with van der Waals surface area (Å²) in [6, 6.07) is 8.41. The van der Waals surface area contributed by atoms with Crippen molar-refractivity contribution < 1.29 is 4.74 Å². The number of para-hydroxylation sites is 1. The van der Waals surface area contributed by atoms with Gasteiger partial charge in [0, 0.05) is 5.92 Å². The molecule has 0 radical (unpaired) electrons. The zero-order valence-electron chi connectivity index (χ0n) is 6.29. The Morgan fingerprint density at radius 3 is 3.18 bits per heavy atom. The highest BCUT2D eigenvalue weighted by atomic mass is 16.5. The highest BCUT2D eigenvalue weighted by Crippen LogP contribution is 2.53. The van der Waals surface area contributed by atoms with E-state index >= 15 is 0 Å². The molecule has 1 aromatic rings. The van der Waals surface area contributed by atoms with Crippen LogP contribution in [0.2, 0.25) is 0 Å². The van der Waals surface area contributed by atoms with Crippen LogP contribution >= 0.6 is 0 Å². The van der Waals surface area contributed by atoms with Gasteiger partial charge in [-0.3, -0.25) is 0 Å². The lowest BCUT2D eigenvalue weighted by Crippen LogP contribution is -2.07. The average Bonchev–Trinajstić information content (AvgIpc) is 2.83. The summed E-state index contributed by atoms with van der Waals surface area (Å²) in [6.45, 7) is 0.946. The van der Waals surface area contributed by atoms with Crippen molar-refractivity contribution in [2.75, 3.05) is 6.61 Å². The van der Waals surface area contributed by atoms with Crippen molar-refractivity contribution >= 4 is 0 Å². The third kappa shape index (κ3) is 0.710. The summed E-state index contributed by atoms with van der Waals surface area (Å²) in [5, 5.41) is 0. The largest absolute Gasteiger partial charge is 0.493 e. The van der Waals surface area contributed by atoms with E-state index in [0.717, 1.165) is 24.2 Å². The molecule has 1 heteroatoms. The van der Waals surface area contributed by atoms with Crippen LogP contribution in [-0.4, -0.2) is 6.61 Å². The topological polar surface area (TPSA) is 9.23 Å². The normalized spacial score (nSPS) is 31.6. The summed E-state index contributed by atoms with van der Waals surface area (Å²) >= 11 is 0. The molecule has 0 aromatic heterocycles. The Morgan fingerprint density at radius 2 is 2.18 bits per heavy atom. The number of hydrogen-bond donors (Lipinski definition) is 0. The second-order valence-electron chi connectivity index (χ2n) is 3.45. The van der Waals surface area contributed by atoms with Gasteiger partial charge < -0.3 is 4.74 Å². The zero-order valence-corrected chi connectivity index (χ0v) is 6.29. The van der Waals surface area contributed by atoms with Gasteiger partial charge in [0.05, 0.1) is 6.61 Å². The van der Waals surface area contributed by atoms with E-state index in [4.69, 9.17) is 4.74 Å². The lowest BCUT2D eigenvalue weighted by Gasteiger charge is -2.15. The quantitative estimate of drug-likeness (QED) is 0.545. The molecule has 2 aliphatic rings. The highest BCUT2D eigenvalue weighted by molar-refractivity contribution is 5.41. The molecule has 0 spiro atoms. The fourth-order valence-electron chi connectivity index (χ4n) is 1.93. The number of hydrogen-bond acceptors (Lipinski definition) is 1. The van der Waals surface area contributed by atoms with Crippen LogP contribution in [0, 0.1) is 5.92 Å². The van der Waals surface area contributed by atoms with Gasteiger partial charge in [0.25, 0.3) is 0 Å². The third-order valence-corrected chi connectivity index (χ3v) is 2.69. The Bertz CT molecular complexity index is 293. The highest BCUT2D eigenvalue weighted by Gasteiger charge is 2.43. The molecule has 1 aromatic carbocycles. The maximum absolute atomic E-state index is 5.58. The maximum atomic E-state index is 5.58. The molecule has 56 valence electrons. The summed E-state index contributed by atoms with van der Waals surface area (Å²) in [5.41, 5.74) is 1.43. The summed E-state index contributed by atoms with van der Waals surface area (Å²) in [5.74, 6) is 2.79. The van der Waals surface area contributed by atoms with Crippen molar-refractivity contribution in [3.63, 3.8) is 0 Å². The lowest BCUT2D eigenvalue weighted by atomic mass is 10.1. The first-order valence-corrected chi connectivity index (χ1v) is 4.17. The summed E-state index contributed by atoms with van der Waals surface area (Å²) < 4.78 is 5.58. The summed E-state index contributed by atoms with van der Waals surface area (Å²) in [4.78, 5) is 0. The number of benzene rings is 1. The van der Waals surface area contributed by atoms with E-state index in [-0.39, 0.29) is 0 Å². The number of fused-ring (bicyclic) bond motifs is 3. The van der Waals surface area contributed by atoms with Crippen molar-refractivity contribution in [1.29, 1.82) is 0 Å². The second kappa shape index (κ2) is 1.79. The molecule has 2 atom stereocenters. The zero-order chi connectivity index (χ0) is 7.26. The van der Waals surface area contributed by atoms with E-state index in [1.165, 1.54) is 12.0 Å². The van der Waals surface area contributed by atoms with Crippen LogP contribution in [0.5, 0.6) is 5.75 Å². The average molecular weight is 146 g/mol. The van der Waals surface area contributed by atoms with E-state index < -0.39 is 0 Å². The summed E-state index contributed by atoms with van der Waals surface area (Å²) in [7, 11) is 0. The van der Waals surface area contributed by atoms with Crippen molar-refractivity contribution in [2.45, 2.75) is 12.3 Å².